The lowest BCUT2D eigenvalue weighted by atomic mass is 10.0. The van der Waals surface area contributed by atoms with Crippen molar-refractivity contribution in [1.82, 2.24) is 9.97 Å². The van der Waals surface area contributed by atoms with Crippen molar-refractivity contribution in [3.05, 3.63) is 45.9 Å². The van der Waals surface area contributed by atoms with E-state index in [9.17, 15) is 4.79 Å². The lowest BCUT2D eigenvalue weighted by Gasteiger charge is -2.08. The lowest BCUT2D eigenvalue weighted by Crippen LogP contribution is -2.13. The zero-order valence-corrected chi connectivity index (χ0v) is 9.24. The summed E-state index contributed by atoms with van der Waals surface area (Å²) in [6, 6.07) is 6.00. The monoisotopic (exact) mass is 215 g/mol. The number of aromatic amines is 1. The Labute approximate surface area is 93.2 Å². The second-order valence-electron chi connectivity index (χ2n) is 3.77. The summed E-state index contributed by atoms with van der Waals surface area (Å²) < 4.78 is 0. The average molecular weight is 215 g/mol. The number of hydrogen-bond acceptors (Lipinski definition) is 3. The van der Waals surface area contributed by atoms with Gasteiger partial charge in [-0.3, -0.25) is 4.79 Å². The van der Waals surface area contributed by atoms with E-state index in [0.29, 0.717) is 5.69 Å². The maximum Gasteiger partial charge on any atom is 0.290 e. The highest BCUT2D eigenvalue weighted by atomic mass is 16.1. The molecule has 0 radical (unpaired) electrons. The second-order valence-corrected chi connectivity index (χ2v) is 3.77. The van der Waals surface area contributed by atoms with Crippen molar-refractivity contribution >= 4 is 5.82 Å². The lowest BCUT2D eigenvalue weighted by molar-refractivity contribution is 1.15. The molecule has 0 amide bonds. The standard InChI is InChI=1S/C12H13N3O/c1-7-4-3-5-8(2)10(7)9-6-14-12(16)11(13)15-9/h3-6H,1-2H3,(H2,13,15)(H,14,16). The van der Waals surface area contributed by atoms with E-state index in [1.54, 1.807) is 6.20 Å². The second kappa shape index (κ2) is 3.81. The van der Waals surface area contributed by atoms with Crippen LogP contribution in [0.5, 0.6) is 0 Å². The van der Waals surface area contributed by atoms with Gasteiger partial charge in [0.1, 0.15) is 0 Å². The molecule has 0 spiro atoms. The summed E-state index contributed by atoms with van der Waals surface area (Å²) in [4.78, 5) is 17.8. The van der Waals surface area contributed by atoms with Crippen molar-refractivity contribution in [2.75, 3.05) is 5.73 Å². The van der Waals surface area contributed by atoms with E-state index < -0.39 is 0 Å². The fourth-order valence-electron chi connectivity index (χ4n) is 1.77. The van der Waals surface area contributed by atoms with Crippen molar-refractivity contribution in [2.45, 2.75) is 13.8 Å². The molecule has 0 unspecified atom stereocenters. The van der Waals surface area contributed by atoms with Crippen molar-refractivity contribution < 1.29 is 0 Å². The third-order valence-corrected chi connectivity index (χ3v) is 2.55. The van der Waals surface area contributed by atoms with E-state index in [0.717, 1.165) is 16.7 Å². The van der Waals surface area contributed by atoms with E-state index in [4.69, 9.17) is 5.73 Å². The highest BCUT2D eigenvalue weighted by Gasteiger charge is 2.08. The van der Waals surface area contributed by atoms with Crippen LogP contribution in [0.2, 0.25) is 0 Å². The first-order valence-electron chi connectivity index (χ1n) is 5.01. The number of rotatable bonds is 1. The highest BCUT2D eigenvalue weighted by Crippen LogP contribution is 2.24. The predicted molar refractivity (Wildman–Crippen MR) is 64.2 cm³/mol. The zero-order chi connectivity index (χ0) is 11.7. The van der Waals surface area contributed by atoms with Gasteiger partial charge < -0.3 is 10.7 Å². The summed E-state index contributed by atoms with van der Waals surface area (Å²) in [6.45, 7) is 4.01. The van der Waals surface area contributed by atoms with E-state index in [1.807, 2.05) is 32.0 Å². The Morgan fingerprint density at radius 1 is 1.25 bits per heavy atom. The number of nitrogen functional groups attached to an aromatic ring is 1. The fraction of sp³-hybridized carbons (Fsp3) is 0.167. The van der Waals surface area contributed by atoms with Gasteiger partial charge in [0, 0.05) is 11.8 Å². The molecule has 2 aromatic rings. The Morgan fingerprint density at radius 3 is 2.44 bits per heavy atom. The van der Waals surface area contributed by atoms with Gasteiger partial charge in [-0.15, -0.1) is 0 Å². The summed E-state index contributed by atoms with van der Waals surface area (Å²) in [6.07, 6.45) is 1.59. The molecule has 1 heterocycles. The number of aromatic nitrogens is 2. The maximum absolute atomic E-state index is 11.1. The Balaban J connectivity index is 2.68. The van der Waals surface area contributed by atoms with Gasteiger partial charge in [0.15, 0.2) is 5.82 Å². The number of anilines is 1. The first-order chi connectivity index (χ1) is 7.59. The molecule has 16 heavy (non-hydrogen) atoms. The molecule has 4 heteroatoms. The minimum atomic E-state index is -0.352. The third-order valence-electron chi connectivity index (χ3n) is 2.55. The van der Waals surface area contributed by atoms with Crippen LogP contribution in [0.25, 0.3) is 11.3 Å². The first-order valence-corrected chi connectivity index (χ1v) is 5.01. The van der Waals surface area contributed by atoms with Crippen molar-refractivity contribution in [3.63, 3.8) is 0 Å². The number of aryl methyl sites for hydroxylation is 2. The molecule has 0 aliphatic heterocycles. The molecule has 0 fully saturated rings. The predicted octanol–water partition coefficient (Wildman–Crippen LogP) is 1.64. The number of nitrogens with two attached hydrogens (primary N) is 1. The summed E-state index contributed by atoms with van der Waals surface area (Å²) in [7, 11) is 0. The summed E-state index contributed by atoms with van der Waals surface area (Å²) in [5.41, 5.74) is 9.09. The number of nitrogens with one attached hydrogen (secondary N) is 1. The van der Waals surface area contributed by atoms with Gasteiger partial charge in [0.05, 0.1) is 5.69 Å². The van der Waals surface area contributed by atoms with Crippen LogP contribution in [-0.4, -0.2) is 9.97 Å². The van der Waals surface area contributed by atoms with Gasteiger partial charge >= 0.3 is 0 Å². The molecule has 0 bridgehead atoms. The van der Waals surface area contributed by atoms with E-state index in [-0.39, 0.29) is 11.4 Å². The molecule has 0 aliphatic carbocycles. The Kier molecular flexibility index (Phi) is 2.48. The van der Waals surface area contributed by atoms with Gasteiger partial charge in [0.2, 0.25) is 0 Å². The van der Waals surface area contributed by atoms with Crippen molar-refractivity contribution in [2.24, 2.45) is 0 Å². The molecular formula is C12H13N3O. The number of nitrogens with zero attached hydrogens (tertiary/aromatic N) is 1. The minimum Gasteiger partial charge on any atom is -0.379 e. The van der Waals surface area contributed by atoms with Crippen LogP contribution in [0.1, 0.15) is 11.1 Å². The number of benzene rings is 1. The normalized spacial score (nSPS) is 10.4. The van der Waals surface area contributed by atoms with Crippen LogP contribution in [0, 0.1) is 13.8 Å². The van der Waals surface area contributed by atoms with Crippen molar-refractivity contribution in [3.8, 4) is 11.3 Å². The third kappa shape index (κ3) is 1.69. The van der Waals surface area contributed by atoms with Gasteiger partial charge in [0.25, 0.3) is 5.56 Å². The van der Waals surface area contributed by atoms with Gasteiger partial charge in [-0.25, -0.2) is 4.98 Å². The molecule has 0 atom stereocenters. The number of H-pyrrole nitrogens is 1. The quantitative estimate of drug-likeness (QED) is 0.759. The topological polar surface area (TPSA) is 71.8 Å². The zero-order valence-electron chi connectivity index (χ0n) is 9.24. The molecule has 1 aromatic heterocycles. The van der Waals surface area contributed by atoms with E-state index in [2.05, 4.69) is 9.97 Å². The fourth-order valence-corrected chi connectivity index (χ4v) is 1.77. The summed E-state index contributed by atoms with van der Waals surface area (Å²) in [5.74, 6) is 0.000142. The van der Waals surface area contributed by atoms with Crippen LogP contribution in [0.4, 0.5) is 5.82 Å². The van der Waals surface area contributed by atoms with Crippen molar-refractivity contribution in [1.29, 1.82) is 0 Å². The first kappa shape index (κ1) is 10.4. The maximum atomic E-state index is 11.1. The van der Waals surface area contributed by atoms with Crippen LogP contribution in [-0.2, 0) is 0 Å². The summed E-state index contributed by atoms with van der Waals surface area (Å²) in [5, 5.41) is 0. The largest absolute Gasteiger partial charge is 0.379 e. The average Bonchev–Trinajstić information content (AvgIpc) is 2.23. The van der Waals surface area contributed by atoms with E-state index in [1.165, 1.54) is 0 Å². The molecule has 2 rings (SSSR count). The van der Waals surface area contributed by atoms with Gasteiger partial charge in [-0.1, -0.05) is 18.2 Å². The SMILES string of the molecule is Cc1cccc(C)c1-c1c[nH]c(=O)c(N)n1. The van der Waals surface area contributed by atoms with E-state index >= 15 is 0 Å². The Bertz CT molecular complexity index is 567. The molecule has 82 valence electrons. The minimum absolute atomic E-state index is 0.000142. The smallest absolute Gasteiger partial charge is 0.290 e. The van der Waals surface area contributed by atoms with Crippen LogP contribution in [0.3, 0.4) is 0 Å². The Morgan fingerprint density at radius 2 is 1.88 bits per heavy atom. The molecule has 4 nitrogen and oxygen atoms in total. The highest BCUT2D eigenvalue weighted by molar-refractivity contribution is 5.67. The molecule has 1 aromatic carbocycles. The van der Waals surface area contributed by atoms with Gasteiger partial charge in [-0.2, -0.15) is 0 Å². The molecule has 0 saturated carbocycles. The van der Waals surface area contributed by atoms with Crippen LogP contribution in [0.15, 0.2) is 29.2 Å². The molecule has 3 N–H and O–H groups in total. The van der Waals surface area contributed by atoms with Crippen LogP contribution < -0.4 is 11.3 Å². The van der Waals surface area contributed by atoms with Crippen LogP contribution >= 0.6 is 0 Å². The Hall–Kier alpha value is -2.10. The van der Waals surface area contributed by atoms with Gasteiger partial charge in [-0.05, 0) is 25.0 Å². The molecule has 0 saturated heterocycles. The summed E-state index contributed by atoms with van der Waals surface area (Å²) >= 11 is 0. The molecular weight excluding hydrogens is 202 g/mol. The number of hydrogen-bond donors (Lipinski definition) is 2. The molecule has 0 aliphatic rings.